The van der Waals surface area contributed by atoms with Crippen molar-refractivity contribution in [2.75, 3.05) is 12.4 Å². The second-order valence-corrected chi connectivity index (χ2v) is 8.42. The van der Waals surface area contributed by atoms with Crippen molar-refractivity contribution >= 4 is 19.7 Å². The molecule has 0 saturated heterocycles. The molecule has 0 spiro atoms. The van der Waals surface area contributed by atoms with Crippen LogP contribution >= 0.6 is 10.7 Å². The minimum atomic E-state index is -3.44. The van der Waals surface area contributed by atoms with E-state index >= 15 is 0 Å². The van der Waals surface area contributed by atoms with E-state index in [1.165, 1.54) is 0 Å². The molecule has 0 heterocycles. The number of benzene rings is 1. The van der Waals surface area contributed by atoms with Crippen LogP contribution in [-0.4, -0.2) is 20.8 Å². The van der Waals surface area contributed by atoms with E-state index in [-0.39, 0.29) is 5.75 Å². The van der Waals surface area contributed by atoms with Gasteiger partial charge in [-0.05, 0) is 29.4 Å². The molecule has 1 rings (SSSR count). The van der Waals surface area contributed by atoms with E-state index in [9.17, 15) is 8.42 Å². The fraction of sp³-hybridized carbons (Fsp3) is 0.600. The number of para-hydroxylation sites is 1. The summed E-state index contributed by atoms with van der Waals surface area (Å²) in [4.78, 5) is 0. The van der Waals surface area contributed by atoms with Gasteiger partial charge in [-0.1, -0.05) is 45.9 Å². The van der Waals surface area contributed by atoms with Gasteiger partial charge in [0.1, 0.15) is 5.75 Å². The van der Waals surface area contributed by atoms with Crippen molar-refractivity contribution in [1.82, 2.24) is 0 Å². The summed E-state index contributed by atoms with van der Waals surface area (Å²) in [6.45, 7) is 8.84. The average molecular weight is 319 g/mol. The SMILES string of the molecule is CC(C)c1cccc(C(C)C)c1OCCCS(=O)(=O)Cl. The molecule has 0 aliphatic rings. The number of hydrogen-bond acceptors (Lipinski definition) is 3. The van der Waals surface area contributed by atoms with Gasteiger partial charge in [-0.15, -0.1) is 0 Å². The van der Waals surface area contributed by atoms with Gasteiger partial charge in [0.25, 0.3) is 0 Å². The highest BCUT2D eigenvalue weighted by atomic mass is 35.7. The fourth-order valence-electron chi connectivity index (χ4n) is 2.05. The Hall–Kier alpha value is -0.740. The predicted molar refractivity (Wildman–Crippen MR) is 84.4 cm³/mol. The summed E-state index contributed by atoms with van der Waals surface area (Å²) in [5, 5.41) is 0. The second-order valence-electron chi connectivity index (χ2n) is 5.52. The molecule has 5 heteroatoms. The van der Waals surface area contributed by atoms with E-state index in [4.69, 9.17) is 15.4 Å². The fourth-order valence-corrected chi connectivity index (χ4v) is 2.84. The molecule has 1 aromatic carbocycles. The van der Waals surface area contributed by atoms with Crippen molar-refractivity contribution in [3.05, 3.63) is 29.3 Å². The van der Waals surface area contributed by atoms with Crippen LogP contribution in [0.4, 0.5) is 0 Å². The lowest BCUT2D eigenvalue weighted by atomic mass is 9.94. The molecule has 0 radical (unpaired) electrons. The van der Waals surface area contributed by atoms with Gasteiger partial charge in [0.2, 0.25) is 9.05 Å². The first-order valence-electron chi connectivity index (χ1n) is 6.90. The molecule has 0 aromatic heterocycles. The second kappa shape index (κ2) is 7.32. The van der Waals surface area contributed by atoms with Crippen molar-refractivity contribution in [1.29, 1.82) is 0 Å². The third kappa shape index (κ3) is 5.33. The van der Waals surface area contributed by atoms with Crippen LogP contribution in [0.2, 0.25) is 0 Å². The van der Waals surface area contributed by atoms with Crippen molar-refractivity contribution in [2.45, 2.75) is 46.0 Å². The van der Waals surface area contributed by atoms with Crippen LogP contribution in [-0.2, 0) is 9.05 Å². The molecule has 0 unspecified atom stereocenters. The van der Waals surface area contributed by atoms with Crippen molar-refractivity contribution < 1.29 is 13.2 Å². The standard InChI is InChI=1S/C15H23ClO3S/c1-11(2)13-7-5-8-14(12(3)4)15(13)19-9-6-10-20(16,17)18/h5,7-8,11-12H,6,9-10H2,1-4H3. The van der Waals surface area contributed by atoms with Crippen LogP contribution in [0.25, 0.3) is 0 Å². The Morgan fingerprint density at radius 3 is 2.00 bits per heavy atom. The van der Waals surface area contributed by atoms with Crippen molar-refractivity contribution in [3.63, 3.8) is 0 Å². The Morgan fingerprint density at radius 2 is 1.60 bits per heavy atom. The smallest absolute Gasteiger partial charge is 0.232 e. The van der Waals surface area contributed by atoms with Crippen LogP contribution in [0.5, 0.6) is 5.75 Å². The van der Waals surface area contributed by atoms with Gasteiger partial charge in [-0.25, -0.2) is 8.42 Å². The lowest BCUT2D eigenvalue weighted by Gasteiger charge is -2.19. The molecule has 114 valence electrons. The highest BCUT2D eigenvalue weighted by Gasteiger charge is 2.15. The van der Waals surface area contributed by atoms with Gasteiger partial charge in [-0.3, -0.25) is 0 Å². The summed E-state index contributed by atoms with van der Waals surface area (Å²) >= 11 is 0. The summed E-state index contributed by atoms with van der Waals surface area (Å²) in [7, 11) is 1.76. The highest BCUT2D eigenvalue weighted by molar-refractivity contribution is 8.13. The molecule has 0 saturated carbocycles. The summed E-state index contributed by atoms with van der Waals surface area (Å²) in [5.74, 6) is 1.56. The Labute approximate surface area is 126 Å². The minimum absolute atomic E-state index is 0.0601. The quantitative estimate of drug-likeness (QED) is 0.557. The molecule has 0 N–H and O–H groups in total. The lowest BCUT2D eigenvalue weighted by Crippen LogP contribution is -2.08. The first-order chi connectivity index (χ1) is 9.22. The van der Waals surface area contributed by atoms with Crippen LogP contribution in [0.15, 0.2) is 18.2 Å². The zero-order chi connectivity index (χ0) is 15.3. The lowest BCUT2D eigenvalue weighted by molar-refractivity contribution is 0.309. The van der Waals surface area contributed by atoms with Gasteiger partial charge in [0.15, 0.2) is 0 Å². The van der Waals surface area contributed by atoms with Crippen molar-refractivity contribution in [2.24, 2.45) is 0 Å². The van der Waals surface area contributed by atoms with Gasteiger partial charge < -0.3 is 4.74 Å². The summed E-state index contributed by atoms with van der Waals surface area (Å²) in [6, 6.07) is 6.16. The topological polar surface area (TPSA) is 43.4 Å². The van der Waals surface area contributed by atoms with Gasteiger partial charge in [-0.2, -0.15) is 0 Å². The van der Waals surface area contributed by atoms with E-state index in [2.05, 4.69) is 39.8 Å². The molecule has 3 nitrogen and oxygen atoms in total. The molecule has 20 heavy (non-hydrogen) atoms. The minimum Gasteiger partial charge on any atom is -0.493 e. The maximum atomic E-state index is 10.9. The molecule has 0 aliphatic carbocycles. The molecular weight excluding hydrogens is 296 g/mol. The third-order valence-corrected chi connectivity index (χ3v) is 4.34. The number of hydrogen-bond donors (Lipinski definition) is 0. The Balaban J connectivity index is 2.86. The Morgan fingerprint density at radius 1 is 1.10 bits per heavy atom. The highest BCUT2D eigenvalue weighted by Crippen LogP contribution is 2.34. The van der Waals surface area contributed by atoms with E-state index in [1.54, 1.807) is 0 Å². The van der Waals surface area contributed by atoms with E-state index in [0.717, 1.165) is 16.9 Å². The molecule has 0 bridgehead atoms. The Bertz CT molecular complexity index is 510. The number of rotatable bonds is 7. The van der Waals surface area contributed by atoms with Crippen LogP contribution in [0, 0.1) is 0 Å². The van der Waals surface area contributed by atoms with Gasteiger partial charge in [0, 0.05) is 10.7 Å². The van der Waals surface area contributed by atoms with E-state index < -0.39 is 9.05 Å². The summed E-state index contributed by atoms with van der Waals surface area (Å²) in [5.41, 5.74) is 2.31. The monoisotopic (exact) mass is 318 g/mol. The van der Waals surface area contributed by atoms with Gasteiger partial charge in [0.05, 0.1) is 12.4 Å². The maximum absolute atomic E-state index is 10.9. The average Bonchev–Trinajstić information content (AvgIpc) is 2.32. The summed E-state index contributed by atoms with van der Waals surface area (Å²) in [6.07, 6.45) is 0.399. The normalized spacial score (nSPS) is 12.2. The first-order valence-corrected chi connectivity index (χ1v) is 9.38. The van der Waals surface area contributed by atoms with E-state index in [0.29, 0.717) is 24.9 Å². The molecule has 0 amide bonds. The predicted octanol–water partition coefficient (Wildman–Crippen LogP) is 4.27. The molecule has 1 aromatic rings. The van der Waals surface area contributed by atoms with E-state index in [1.807, 2.05) is 6.07 Å². The largest absolute Gasteiger partial charge is 0.493 e. The molecule has 0 atom stereocenters. The van der Waals surface area contributed by atoms with Crippen LogP contribution in [0.1, 0.15) is 57.1 Å². The summed E-state index contributed by atoms with van der Waals surface area (Å²) < 4.78 is 27.7. The van der Waals surface area contributed by atoms with Crippen molar-refractivity contribution in [3.8, 4) is 5.75 Å². The van der Waals surface area contributed by atoms with Crippen LogP contribution < -0.4 is 4.74 Å². The molecular formula is C15H23ClO3S. The third-order valence-electron chi connectivity index (χ3n) is 3.10. The van der Waals surface area contributed by atoms with Crippen LogP contribution in [0.3, 0.4) is 0 Å². The number of halogens is 1. The molecule has 0 fully saturated rings. The zero-order valence-corrected chi connectivity index (χ0v) is 14.1. The number of ether oxygens (including phenoxy) is 1. The maximum Gasteiger partial charge on any atom is 0.232 e. The zero-order valence-electron chi connectivity index (χ0n) is 12.5. The first kappa shape index (κ1) is 17.3. The van der Waals surface area contributed by atoms with Gasteiger partial charge >= 0.3 is 0 Å². The Kier molecular flexibility index (Phi) is 6.34. The molecule has 0 aliphatic heterocycles.